The lowest BCUT2D eigenvalue weighted by Gasteiger charge is -2.41. The van der Waals surface area contributed by atoms with Crippen LogP contribution in [0.15, 0.2) is 69.8 Å². The van der Waals surface area contributed by atoms with Gasteiger partial charge in [-0.15, -0.1) is 22.7 Å². The highest BCUT2D eigenvalue weighted by Gasteiger charge is 2.39. The third-order valence-electron chi connectivity index (χ3n) is 11.1. The average Bonchev–Trinajstić information content (AvgIpc) is 3.79. The van der Waals surface area contributed by atoms with Gasteiger partial charge >= 0.3 is 0 Å². The summed E-state index contributed by atoms with van der Waals surface area (Å²) in [6, 6.07) is 16.4. The largest absolute Gasteiger partial charge is 0.377 e. The van der Waals surface area contributed by atoms with Crippen molar-refractivity contribution in [3.05, 3.63) is 71.1 Å². The first-order valence-corrected chi connectivity index (χ1v) is 23.8. The van der Waals surface area contributed by atoms with Crippen LogP contribution in [0.2, 0.25) is 0 Å². The van der Waals surface area contributed by atoms with E-state index in [1.165, 1.54) is 22.7 Å². The monoisotopic (exact) mass is 860 g/mol. The molecule has 302 valence electrons. The van der Waals surface area contributed by atoms with E-state index in [1.54, 1.807) is 18.2 Å². The van der Waals surface area contributed by atoms with Gasteiger partial charge in [-0.3, -0.25) is 0 Å². The van der Waals surface area contributed by atoms with E-state index in [1.807, 2.05) is 51.6 Å². The SMILES string of the molecule is NCC1(Nc2nc(N3CCS(=O)(=O)c4ccccc4C3)nc3cc(-c4ccc5c(c4)CN(c4nc(NCC6(N)COC6)c6sccc6n4)CCS5(=O)=O)sc23)COC1. The Morgan fingerprint density at radius 1 is 0.759 bits per heavy atom. The quantitative estimate of drug-likeness (QED) is 0.164. The maximum atomic E-state index is 13.7. The van der Waals surface area contributed by atoms with Gasteiger partial charge < -0.3 is 41.4 Å². The summed E-state index contributed by atoms with van der Waals surface area (Å²) in [5.41, 5.74) is 15.2. The predicted octanol–water partition coefficient (Wildman–Crippen LogP) is 3.23. The minimum absolute atomic E-state index is 0.0769. The van der Waals surface area contributed by atoms with Crippen molar-refractivity contribution in [2.24, 2.45) is 11.5 Å². The summed E-state index contributed by atoms with van der Waals surface area (Å²) < 4.78 is 66.5. The molecule has 0 amide bonds. The zero-order valence-electron chi connectivity index (χ0n) is 31.2. The molecular formula is C38H40N10O6S4. The van der Waals surface area contributed by atoms with Crippen molar-refractivity contribution in [3.8, 4) is 10.4 Å². The number of anilines is 4. The third kappa shape index (κ3) is 6.74. The van der Waals surface area contributed by atoms with Gasteiger partial charge in [0.15, 0.2) is 19.7 Å². The maximum absolute atomic E-state index is 13.7. The molecular weight excluding hydrogens is 821 g/mol. The Morgan fingerprint density at radius 3 is 2.12 bits per heavy atom. The van der Waals surface area contributed by atoms with Crippen molar-refractivity contribution in [1.82, 2.24) is 19.9 Å². The van der Waals surface area contributed by atoms with E-state index in [2.05, 4.69) is 10.6 Å². The molecule has 0 aliphatic carbocycles. The predicted molar refractivity (Wildman–Crippen MR) is 225 cm³/mol. The summed E-state index contributed by atoms with van der Waals surface area (Å²) in [6.45, 7) is 3.56. The fourth-order valence-corrected chi connectivity index (χ4v) is 12.5. The number of thiophene rings is 2. The number of rotatable bonds is 9. The standard InChI is InChI=1S/C38H40N10O6S4/c39-17-38(21-54-22-38)46-34-32-27(43-36(45-34)47-8-11-57(49,50)29-4-2-1-3-24(29)15-47)14-28(56-32)23-5-6-30-25(13-23)16-48(9-12-58(30,51)52)35-42-26-7-10-55-31(26)33(44-35)41-18-37(40)19-53-20-37/h1-7,10,13-14H,8-9,11-12,15-22,39-40H2,(H,41,42,44)(H,43,45,46). The van der Waals surface area contributed by atoms with Crippen LogP contribution in [0.4, 0.5) is 23.5 Å². The van der Waals surface area contributed by atoms with Crippen LogP contribution >= 0.6 is 22.7 Å². The molecule has 4 aliphatic heterocycles. The van der Waals surface area contributed by atoms with E-state index < -0.39 is 30.8 Å². The number of sulfone groups is 2. The first-order valence-electron chi connectivity index (χ1n) is 18.8. The van der Waals surface area contributed by atoms with Crippen molar-refractivity contribution in [3.63, 3.8) is 0 Å². The van der Waals surface area contributed by atoms with E-state index in [0.29, 0.717) is 91.1 Å². The molecule has 2 aromatic carbocycles. The van der Waals surface area contributed by atoms with Crippen LogP contribution in [0.3, 0.4) is 0 Å². The summed E-state index contributed by atoms with van der Waals surface area (Å²) in [6.07, 6.45) is 0. The van der Waals surface area contributed by atoms with Gasteiger partial charge in [0.25, 0.3) is 0 Å². The van der Waals surface area contributed by atoms with Crippen molar-refractivity contribution >= 4 is 86.3 Å². The zero-order valence-corrected chi connectivity index (χ0v) is 34.4. The molecule has 6 aromatic rings. The molecule has 58 heavy (non-hydrogen) atoms. The van der Waals surface area contributed by atoms with Gasteiger partial charge in [-0.05, 0) is 52.4 Å². The lowest BCUT2D eigenvalue weighted by Crippen LogP contribution is -2.61. The number of benzene rings is 2. The fourth-order valence-electron chi connectivity index (χ4n) is 7.65. The molecule has 16 nitrogen and oxygen atoms in total. The second-order valence-corrected chi connectivity index (χ2v) is 21.5. The summed E-state index contributed by atoms with van der Waals surface area (Å²) >= 11 is 3.01. The van der Waals surface area contributed by atoms with E-state index in [-0.39, 0.29) is 36.0 Å². The van der Waals surface area contributed by atoms with Crippen molar-refractivity contribution in [2.45, 2.75) is 34.0 Å². The average molecular weight is 861 g/mol. The molecule has 8 heterocycles. The van der Waals surface area contributed by atoms with Gasteiger partial charge in [-0.2, -0.15) is 9.97 Å². The number of aromatic nitrogens is 4. The molecule has 0 spiro atoms. The summed E-state index contributed by atoms with van der Waals surface area (Å²) in [5, 5.41) is 8.92. The first-order chi connectivity index (χ1) is 27.9. The lowest BCUT2D eigenvalue weighted by atomic mass is 9.98. The highest BCUT2D eigenvalue weighted by molar-refractivity contribution is 7.91. The number of fused-ring (bicyclic) bond motifs is 4. The van der Waals surface area contributed by atoms with E-state index in [9.17, 15) is 16.8 Å². The normalized spacial score (nSPS) is 20.3. The van der Waals surface area contributed by atoms with Crippen LogP contribution in [-0.2, 0) is 42.2 Å². The van der Waals surface area contributed by atoms with E-state index in [4.69, 9.17) is 40.9 Å². The molecule has 0 unspecified atom stereocenters. The second kappa shape index (κ2) is 14.0. The molecule has 10 rings (SSSR count). The molecule has 0 bridgehead atoms. The van der Waals surface area contributed by atoms with Gasteiger partial charge in [0.05, 0.1) is 79.2 Å². The number of ether oxygens (including phenoxy) is 2. The molecule has 2 fully saturated rings. The molecule has 0 saturated carbocycles. The number of nitrogens with two attached hydrogens (primary N) is 2. The summed E-state index contributed by atoms with van der Waals surface area (Å²) in [4.78, 5) is 25.0. The van der Waals surface area contributed by atoms with Gasteiger partial charge in [-0.25, -0.2) is 26.8 Å². The van der Waals surface area contributed by atoms with Gasteiger partial charge in [0.2, 0.25) is 11.9 Å². The molecule has 4 aromatic heterocycles. The van der Waals surface area contributed by atoms with Gasteiger partial charge in [0.1, 0.15) is 11.6 Å². The number of nitrogens with zero attached hydrogens (tertiary/aromatic N) is 6. The van der Waals surface area contributed by atoms with Crippen LogP contribution in [0.1, 0.15) is 11.1 Å². The Labute approximate surface area is 342 Å². The minimum atomic E-state index is -3.63. The Kier molecular flexibility index (Phi) is 9.13. The fraction of sp³-hybridized carbons (Fsp3) is 0.368. The van der Waals surface area contributed by atoms with E-state index in [0.717, 1.165) is 25.4 Å². The second-order valence-electron chi connectivity index (χ2n) is 15.4. The molecule has 4 aliphatic rings. The lowest BCUT2D eigenvalue weighted by molar-refractivity contribution is -0.0461. The summed E-state index contributed by atoms with van der Waals surface area (Å²) in [5.74, 6) is 1.87. The van der Waals surface area contributed by atoms with Crippen LogP contribution in [0, 0.1) is 0 Å². The Morgan fingerprint density at radius 2 is 1.43 bits per heavy atom. The van der Waals surface area contributed by atoms with E-state index >= 15 is 0 Å². The van der Waals surface area contributed by atoms with Crippen LogP contribution in [0.5, 0.6) is 0 Å². The number of nitrogens with one attached hydrogen (secondary N) is 2. The van der Waals surface area contributed by atoms with Gasteiger partial charge in [0, 0.05) is 44.1 Å². The Bertz CT molecular complexity index is 2820. The molecule has 0 radical (unpaired) electrons. The van der Waals surface area contributed by atoms with Crippen molar-refractivity contribution in [1.29, 1.82) is 0 Å². The zero-order chi connectivity index (χ0) is 39.9. The highest BCUT2D eigenvalue weighted by Crippen LogP contribution is 2.41. The molecule has 0 atom stereocenters. The van der Waals surface area contributed by atoms with Crippen LogP contribution in [0.25, 0.3) is 30.9 Å². The first kappa shape index (κ1) is 37.7. The molecule has 2 saturated heterocycles. The third-order valence-corrected chi connectivity index (χ3v) is 16.8. The smallest absolute Gasteiger partial charge is 0.228 e. The highest BCUT2D eigenvalue weighted by atomic mass is 32.2. The topological polar surface area (TPSA) is 221 Å². The number of hydrogen-bond donors (Lipinski definition) is 4. The van der Waals surface area contributed by atoms with Crippen molar-refractivity contribution in [2.75, 3.05) is 84.5 Å². The maximum Gasteiger partial charge on any atom is 0.228 e. The molecule has 20 heteroatoms. The van der Waals surface area contributed by atoms with Crippen molar-refractivity contribution < 1.29 is 26.3 Å². The minimum Gasteiger partial charge on any atom is -0.377 e. The molecule has 6 N–H and O–H groups in total. The summed E-state index contributed by atoms with van der Waals surface area (Å²) in [7, 11) is -7.13. The number of hydrogen-bond acceptors (Lipinski definition) is 18. The van der Waals surface area contributed by atoms with Gasteiger partial charge in [-0.1, -0.05) is 24.3 Å². The Balaban J connectivity index is 1.02. The van der Waals surface area contributed by atoms with Crippen LogP contribution in [-0.4, -0.2) is 112 Å². The Hall–Kier alpha value is -4.54. The van der Waals surface area contributed by atoms with Crippen LogP contribution < -0.4 is 31.9 Å².